The van der Waals surface area contributed by atoms with Crippen molar-refractivity contribution >= 4 is 15.6 Å². The Balaban J connectivity index is 2.54. The van der Waals surface area contributed by atoms with Crippen molar-refractivity contribution in [3.8, 4) is 0 Å². The van der Waals surface area contributed by atoms with Gasteiger partial charge in [0.2, 0.25) is 0 Å². The van der Waals surface area contributed by atoms with Gasteiger partial charge in [0.15, 0.2) is 5.78 Å². The van der Waals surface area contributed by atoms with Crippen molar-refractivity contribution in [2.45, 2.75) is 19.8 Å². The predicted octanol–water partition coefficient (Wildman–Crippen LogP) is 1.40. The molecule has 0 aliphatic carbocycles. The summed E-state index contributed by atoms with van der Waals surface area (Å²) in [4.78, 5) is 15.6. The number of nitrogens with zero attached hydrogens (tertiary/aromatic N) is 1. The zero-order chi connectivity index (χ0) is 12.2. The summed E-state index contributed by atoms with van der Waals surface area (Å²) >= 11 is 0. The van der Waals surface area contributed by atoms with Crippen molar-refractivity contribution < 1.29 is 13.2 Å². The summed E-state index contributed by atoms with van der Waals surface area (Å²) in [5, 5.41) is 0. The first-order chi connectivity index (χ1) is 7.38. The summed E-state index contributed by atoms with van der Waals surface area (Å²) in [6.07, 6.45) is 3.33. The van der Waals surface area contributed by atoms with E-state index in [1.165, 1.54) is 6.26 Å². The van der Waals surface area contributed by atoms with Crippen LogP contribution in [0.4, 0.5) is 0 Å². The number of hydrogen-bond acceptors (Lipinski definition) is 4. The molecule has 88 valence electrons. The minimum absolute atomic E-state index is 0.0462. The number of rotatable bonds is 5. The van der Waals surface area contributed by atoms with Crippen molar-refractivity contribution in [3.05, 3.63) is 29.6 Å². The maximum Gasteiger partial charge on any atom is 0.181 e. The van der Waals surface area contributed by atoms with E-state index in [2.05, 4.69) is 4.98 Å². The van der Waals surface area contributed by atoms with E-state index in [0.29, 0.717) is 12.1 Å². The smallest absolute Gasteiger partial charge is 0.181 e. The molecule has 16 heavy (non-hydrogen) atoms. The lowest BCUT2D eigenvalue weighted by molar-refractivity contribution is 0.0977. The Kier molecular flexibility index (Phi) is 4.18. The van der Waals surface area contributed by atoms with E-state index in [-0.39, 0.29) is 18.0 Å². The Bertz CT molecular complexity index is 480. The van der Waals surface area contributed by atoms with Gasteiger partial charge >= 0.3 is 0 Å². The predicted molar refractivity (Wildman–Crippen MR) is 62.2 cm³/mol. The van der Waals surface area contributed by atoms with Gasteiger partial charge in [-0.25, -0.2) is 8.42 Å². The molecule has 0 N–H and O–H groups in total. The van der Waals surface area contributed by atoms with E-state index < -0.39 is 9.84 Å². The third kappa shape index (κ3) is 4.53. The van der Waals surface area contributed by atoms with Gasteiger partial charge in [-0.05, 0) is 31.0 Å². The van der Waals surface area contributed by atoms with E-state index in [1.54, 1.807) is 12.3 Å². The molecule has 0 radical (unpaired) electrons. The highest BCUT2D eigenvalue weighted by Crippen LogP contribution is 2.05. The molecule has 0 spiro atoms. The molecule has 1 aromatic rings. The van der Waals surface area contributed by atoms with Crippen molar-refractivity contribution in [2.24, 2.45) is 0 Å². The standard InChI is InChI=1S/C11H15NO3S/c1-9-5-6-12-10(8-9)11(13)4-3-7-16(2,14)15/h5-6,8H,3-4,7H2,1-2H3. The SMILES string of the molecule is Cc1ccnc(C(=O)CCCS(C)(=O)=O)c1. The molecule has 1 heterocycles. The van der Waals surface area contributed by atoms with Crippen LogP contribution < -0.4 is 0 Å². The van der Waals surface area contributed by atoms with E-state index in [1.807, 2.05) is 13.0 Å². The van der Waals surface area contributed by atoms with Gasteiger partial charge < -0.3 is 0 Å². The Morgan fingerprint density at radius 2 is 2.12 bits per heavy atom. The minimum atomic E-state index is -2.98. The number of aromatic nitrogens is 1. The van der Waals surface area contributed by atoms with Gasteiger partial charge in [0.25, 0.3) is 0 Å². The number of hydrogen-bond donors (Lipinski definition) is 0. The van der Waals surface area contributed by atoms with Crippen LogP contribution in [0, 0.1) is 6.92 Å². The zero-order valence-corrected chi connectivity index (χ0v) is 10.3. The van der Waals surface area contributed by atoms with Crippen LogP contribution in [0.15, 0.2) is 18.3 Å². The molecule has 1 aromatic heterocycles. The fourth-order valence-corrected chi connectivity index (χ4v) is 1.98. The lowest BCUT2D eigenvalue weighted by Gasteiger charge is -2.00. The third-order valence-electron chi connectivity index (χ3n) is 2.12. The van der Waals surface area contributed by atoms with Crippen LogP contribution >= 0.6 is 0 Å². The maximum absolute atomic E-state index is 11.6. The first-order valence-electron chi connectivity index (χ1n) is 5.02. The number of carbonyl (C=O) groups excluding carboxylic acids is 1. The second-order valence-corrected chi connectivity index (χ2v) is 6.13. The van der Waals surface area contributed by atoms with Crippen LogP contribution in [0.25, 0.3) is 0 Å². The second-order valence-electron chi connectivity index (χ2n) is 3.88. The lowest BCUT2D eigenvalue weighted by Crippen LogP contribution is -2.07. The normalized spacial score (nSPS) is 11.4. The highest BCUT2D eigenvalue weighted by atomic mass is 32.2. The fourth-order valence-electron chi connectivity index (χ4n) is 1.31. The summed E-state index contributed by atoms with van der Waals surface area (Å²) in [6.45, 7) is 1.88. The molecular weight excluding hydrogens is 226 g/mol. The number of aryl methyl sites for hydroxylation is 1. The van der Waals surface area contributed by atoms with Gasteiger partial charge in [-0.15, -0.1) is 0 Å². The van der Waals surface area contributed by atoms with Gasteiger partial charge in [0.1, 0.15) is 15.5 Å². The van der Waals surface area contributed by atoms with Gasteiger partial charge in [-0.1, -0.05) is 0 Å². The lowest BCUT2D eigenvalue weighted by atomic mass is 10.1. The topological polar surface area (TPSA) is 64.1 Å². The van der Waals surface area contributed by atoms with Crippen molar-refractivity contribution in [1.82, 2.24) is 4.98 Å². The molecule has 1 rings (SSSR count). The molecule has 0 aromatic carbocycles. The first-order valence-corrected chi connectivity index (χ1v) is 7.08. The quantitative estimate of drug-likeness (QED) is 0.731. The molecule has 0 fully saturated rings. The first kappa shape index (κ1) is 12.8. The maximum atomic E-state index is 11.6. The van der Waals surface area contributed by atoms with Crippen LogP contribution in [0.5, 0.6) is 0 Å². The van der Waals surface area contributed by atoms with E-state index in [0.717, 1.165) is 5.56 Å². The van der Waals surface area contributed by atoms with E-state index in [9.17, 15) is 13.2 Å². The second kappa shape index (κ2) is 5.21. The largest absolute Gasteiger partial charge is 0.292 e. The summed E-state index contributed by atoms with van der Waals surface area (Å²) in [7, 11) is -2.98. The molecule has 0 atom stereocenters. The molecule has 0 bridgehead atoms. The summed E-state index contributed by atoms with van der Waals surface area (Å²) < 4.78 is 21.8. The van der Waals surface area contributed by atoms with Crippen molar-refractivity contribution in [3.63, 3.8) is 0 Å². The molecule has 0 amide bonds. The number of carbonyl (C=O) groups is 1. The molecule has 0 saturated heterocycles. The number of ketones is 1. The molecule has 0 unspecified atom stereocenters. The Hall–Kier alpha value is -1.23. The highest BCUT2D eigenvalue weighted by molar-refractivity contribution is 7.90. The highest BCUT2D eigenvalue weighted by Gasteiger charge is 2.09. The van der Waals surface area contributed by atoms with Gasteiger partial charge in [0.05, 0.1) is 5.75 Å². The van der Waals surface area contributed by atoms with Crippen LogP contribution in [-0.2, 0) is 9.84 Å². The molecule has 0 aliphatic rings. The van der Waals surface area contributed by atoms with Crippen molar-refractivity contribution in [1.29, 1.82) is 0 Å². The monoisotopic (exact) mass is 241 g/mol. The fraction of sp³-hybridized carbons (Fsp3) is 0.455. The third-order valence-corrected chi connectivity index (χ3v) is 3.15. The number of Topliss-reactive ketones (excluding diaryl/α,β-unsaturated/α-hetero) is 1. The van der Waals surface area contributed by atoms with Crippen LogP contribution in [0.3, 0.4) is 0 Å². The molecule has 0 aliphatic heterocycles. The molecule has 5 heteroatoms. The van der Waals surface area contributed by atoms with Crippen LogP contribution in [-0.4, -0.2) is 31.2 Å². The summed E-state index contributed by atoms with van der Waals surface area (Å²) in [5.41, 5.74) is 1.38. The molecular formula is C11H15NO3S. The number of pyridine rings is 1. The van der Waals surface area contributed by atoms with Crippen LogP contribution in [0.1, 0.15) is 28.9 Å². The van der Waals surface area contributed by atoms with Gasteiger partial charge in [-0.2, -0.15) is 0 Å². The molecule has 0 saturated carbocycles. The summed E-state index contributed by atoms with van der Waals surface area (Å²) in [5.74, 6) is -0.0581. The van der Waals surface area contributed by atoms with E-state index >= 15 is 0 Å². The van der Waals surface area contributed by atoms with Crippen molar-refractivity contribution in [2.75, 3.05) is 12.0 Å². The Labute approximate surface area is 95.6 Å². The Morgan fingerprint density at radius 1 is 1.44 bits per heavy atom. The van der Waals surface area contributed by atoms with Gasteiger partial charge in [-0.3, -0.25) is 9.78 Å². The summed E-state index contributed by atoms with van der Waals surface area (Å²) in [6, 6.07) is 3.52. The van der Waals surface area contributed by atoms with Gasteiger partial charge in [0, 0.05) is 18.9 Å². The minimum Gasteiger partial charge on any atom is -0.292 e. The number of sulfone groups is 1. The molecule has 4 nitrogen and oxygen atoms in total. The Morgan fingerprint density at radius 3 is 2.69 bits per heavy atom. The van der Waals surface area contributed by atoms with E-state index in [4.69, 9.17) is 0 Å². The zero-order valence-electron chi connectivity index (χ0n) is 9.43. The average Bonchev–Trinajstić information content (AvgIpc) is 2.15. The average molecular weight is 241 g/mol. The van der Waals surface area contributed by atoms with Crippen LogP contribution in [0.2, 0.25) is 0 Å².